The number of nitriles is 1. The number of hydrogen-bond donors (Lipinski definition) is 1. The van der Waals surface area contributed by atoms with E-state index in [4.69, 9.17) is 10.00 Å². The predicted octanol–water partition coefficient (Wildman–Crippen LogP) is 2.52. The van der Waals surface area contributed by atoms with Gasteiger partial charge in [-0.25, -0.2) is 9.37 Å². The van der Waals surface area contributed by atoms with E-state index in [1.54, 1.807) is 6.07 Å². The normalized spacial score (nSPS) is 15.6. The standard InChI is InChI=1S/C17H14FN3O2/c1-23-15-7-12(18)9-20-16(15)17(22)21-14-5-3-11-6-10(8-19)2-4-13(11)14/h2,4,6-7,9,14H,3,5H2,1H3,(H,21,22)/t14-/m1/s1. The molecule has 0 unspecified atom stereocenters. The zero-order valence-electron chi connectivity index (χ0n) is 12.5. The van der Waals surface area contributed by atoms with Crippen molar-refractivity contribution in [2.45, 2.75) is 18.9 Å². The molecule has 0 spiro atoms. The second kappa shape index (κ2) is 6.05. The molecule has 1 atom stereocenters. The van der Waals surface area contributed by atoms with Gasteiger partial charge in [-0.3, -0.25) is 4.79 Å². The van der Waals surface area contributed by atoms with Gasteiger partial charge in [0.05, 0.1) is 31.0 Å². The van der Waals surface area contributed by atoms with Crippen LogP contribution < -0.4 is 10.1 Å². The van der Waals surface area contributed by atoms with Crippen LogP contribution in [0.2, 0.25) is 0 Å². The fraction of sp³-hybridized carbons (Fsp3) is 0.235. The Labute approximate surface area is 132 Å². The van der Waals surface area contributed by atoms with Crippen LogP contribution in [-0.2, 0) is 6.42 Å². The maximum absolute atomic E-state index is 13.2. The highest BCUT2D eigenvalue weighted by Crippen LogP contribution is 2.32. The molecule has 6 heteroatoms. The number of aromatic nitrogens is 1. The number of hydrogen-bond acceptors (Lipinski definition) is 4. The lowest BCUT2D eigenvalue weighted by atomic mass is 10.1. The lowest BCUT2D eigenvalue weighted by Gasteiger charge is -2.15. The van der Waals surface area contributed by atoms with E-state index < -0.39 is 11.7 Å². The quantitative estimate of drug-likeness (QED) is 0.945. The molecule has 1 aromatic carbocycles. The monoisotopic (exact) mass is 311 g/mol. The fourth-order valence-corrected chi connectivity index (χ4v) is 2.81. The van der Waals surface area contributed by atoms with Gasteiger partial charge in [0, 0.05) is 6.07 Å². The average Bonchev–Trinajstić information content (AvgIpc) is 2.96. The van der Waals surface area contributed by atoms with Crippen molar-refractivity contribution >= 4 is 5.91 Å². The van der Waals surface area contributed by atoms with Gasteiger partial charge in [-0.15, -0.1) is 0 Å². The van der Waals surface area contributed by atoms with E-state index in [9.17, 15) is 9.18 Å². The summed E-state index contributed by atoms with van der Waals surface area (Å²) in [6.07, 6.45) is 2.53. The number of fused-ring (bicyclic) bond motifs is 1. The summed E-state index contributed by atoms with van der Waals surface area (Å²) >= 11 is 0. The van der Waals surface area contributed by atoms with Gasteiger partial charge < -0.3 is 10.1 Å². The highest BCUT2D eigenvalue weighted by atomic mass is 19.1. The molecule has 0 saturated carbocycles. The molecule has 0 radical (unpaired) electrons. The van der Waals surface area contributed by atoms with Gasteiger partial charge in [0.25, 0.3) is 5.91 Å². The van der Waals surface area contributed by atoms with Crippen LogP contribution in [0.25, 0.3) is 0 Å². The number of benzene rings is 1. The van der Waals surface area contributed by atoms with Crippen molar-refractivity contribution in [2.24, 2.45) is 0 Å². The molecule has 0 bridgehead atoms. The number of rotatable bonds is 3. The number of carbonyl (C=O) groups excluding carboxylic acids is 1. The number of nitrogens with zero attached hydrogens (tertiary/aromatic N) is 2. The Balaban J connectivity index is 1.82. The van der Waals surface area contributed by atoms with E-state index in [1.807, 2.05) is 12.1 Å². The molecule has 0 saturated heterocycles. The third kappa shape index (κ3) is 2.86. The first-order chi connectivity index (χ1) is 11.1. The number of amides is 1. The molecule has 0 fully saturated rings. The molecule has 1 heterocycles. The van der Waals surface area contributed by atoms with E-state index in [0.717, 1.165) is 36.2 Å². The molecule has 23 heavy (non-hydrogen) atoms. The van der Waals surface area contributed by atoms with E-state index in [-0.39, 0.29) is 17.5 Å². The lowest BCUT2D eigenvalue weighted by Crippen LogP contribution is -2.28. The Morgan fingerprint density at radius 1 is 1.48 bits per heavy atom. The van der Waals surface area contributed by atoms with E-state index in [1.165, 1.54) is 7.11 Å². The minimum Gasteiger partial charge on any atom is -0.494 e. The molecule has 116 valence electrons. The molecule has 1 aliphatic carbocycles. The summed E-state index contributed by atoms with van der Waals surface area (Å²) in [5.74, 6) is -0.877. The summed E-state index contributed by atoms with van der Waals surface area (Å²) < 4.78 is 18.2. The Morgan fingerprint density at radius 3 is 3.04 bits per heavy atom. The highest BCUT2D eigenvalue weighted by Gasteiger charge is 2.26. The number of methoxy groups -OCH3 is 1. The van der Waals surface area contributed by atoms with Crippen molar-refractivity contribution in [1.82, 2.24) is 10.3 Å². The molecule has 5 nitrogen and oxygen atoms in total. The highest BCUT2D eigenvalue weighted by molar-refractivity contribution is 5.95. The first-order valence-corrected chi connectivity index (χ1v) is 7.15. The number of nitrogens with one attached hydrogen (secondary N) is 1. The summed E-state index contributed by atoms with van der Waals surface area (Å²) in [6.45, 7) is 0. The summed E-state index contributed by atoms with van der Waals surface area (Å²) in [5, 5.41) is 11.8. The Hall–Kier alpha value is -2.94. The van der Waals surface area contributed by atoms with Crippen LogP contribution >= 0.6 is 0 Å². The molecular weight excluding hydrogens is 297 g/mol. The fourth-order valence-electron chi connectivity index (χ4n) is 2.81. The van der Waals surface area contributed by atoms with Gasteiger partial charge in [-0.1, -0.05) is 6.07 Å². The number of ether oxygens (including phenoxy) is 1. The Bertz CT molecular complexity index is 814. The predicted molar refractivity (Wildman–Crippen MR) is 80.4 cm³/mol. The van der Waals surface area contributed by atoms with Crippen molar-refractivity contribution < 1.29 is 13.9 Å². The van der Waals surface area contributed by atoms with Crippen LogP contribution in [0.4, 0.5) is 4.39 Å². The number of aryl methyl sites for hydroxylation is 1. The Morgan fingerprint density at radius 2 is 2.30 bits per heavy atom. The smallest absolute Gasteiger partial charge is 0.274 e. The second-order valence-corrected chi connectivity index (χ2v) is 5.29. The Kier molecular flexibility index (Phi) is 3.94. The van der Waals surface area contributed by atoms with Crippen LogP contribution in [0.3, 0.4) is 0 Å². The number of carbonyl (C=O) groups is 1. The summed E-state index contributed by atoms with van der Waals surface area (Å²) in [5.41, 5.74) is 2.72. The van der Waals surface area contributed by atoms with Gasteiger partial charge in [0.2, 0.25) is 0 Å². The van der Waals surface area contributed by atoms with Crippen LogP contribution in [0.15, 0.2) is 30.5 Å². The van der Waals surface area contributed by atoms with Crippen LogP contribution in [-0.4, -0.2) is 18.0 Å². The average molecular weight is 311 g/mol. The zero-order chi connectivity index (χ0) is 16.4. The van der Waals surface area contributed by atoms with Gasteiger partial charge >= 0.3 is 0 Å². The second-order valence-electron chi connectivity index (χ2n) is 5.29. The molecule has 3 rings (SSSR count). The number of halogens is 1. The third-order valence-electron chi connectivity index (χ3n) is 3.91. The van der Waals surface area contributed by atoms with Crippen molar-refractivity contribution in [3.63, 3.8) is 0 Å². The van der Waals surface area contributed by atoms with Gasteiger partial charge in [-0.2, -0.15) is 5.26 Å². The largest absolute Gasteiger partial charge is 0.494 e. The van der Waals surface area contributed by atoms with Crippen molar-refractivity contribution in [2.75, 3.05) is 7.11 Å². The van der Waals surface area contributed by atoms with Crippen LogP contribution in [0, 0.1) is 17.1 Å². The van der Waals surface area contributed by atoms with Gasteiger partial charge in [-0.05, 0) is 36.1 Å². The molecular formula is C17H14FN3O2. The third-order valence-corrected chi connectivity index (χ3v) is 3.91. The topological polar surface area (TPSA) is 75.0 Å². The minimum atomic E-state index is -0.561. The van der Waals surface area contributed by atoms with E-state index in [0.29, 0.717) is 5.56 Å². The van der Waals surface area contributed by atoms with Crippen LogP contribution in [0.1, 0.15) is 39.6 Å². The van der Waals surface area contributed by atoms with E-state index >= 15 is 0 Å². The maximum Gasteiger partial charge on any atom is 0.274 e. The van der Waals surface area contributed by atoms with Gasteiger partial charge in [0.15, 0.2) is 11.4 Å². The van der Waals surface area contributed by atoms with Crippen molar-refractivity contribution in [3.05, 3.63) is 58.7 Å². The molecule has 2 aromatic rings. The molecule has 1 N–H and O–H groups in total. The molecule has 1 aromatic heterocycles. The summed E-state index contributed by atoms with van der Waals surface area (Å²) in [6, 6.07) is 8.53. The van der Waals surface area contributed by atoms with Gasteiger partial charge in [0.1, 0.15) is 5.82 Å². The maximum atomic E-state index is 13.2. The first kappa shape index (κ1) is 15.0. The number of pyridine rings is 1. The minimum absolute atomic E-state index is 0.0518. The van der Waals surface area contributed by atoms with Crippen molar-refractivity contribution in [1.29, 1.82) is 5.26 Å². The first-order valence-electron chi connectivity index (χ1n) is 7.15. The molecule has 0 aliphatic heterocycles. The summed E-state index contributed by atoms with van der Waals surface area (Å²) in [7, 11) is 1.36. The van der Waals surface area contributed by atoms with Crippen molar-refractivity contribution in [3.8, 4) is 11.8 Å². The molecule has 1 aliphatic rings. The zero-order valence-corrected chi connectivity index (χ0v) is 12.5. The molecule has 1 amide bonds. The lowest BCUT2D eigenvalue weighted by molar-refractivity contribution is 0.0928. The van der Waals surface area contributed by atoms with E-state index in [2.05, 4.69) is 16.4 Å². The SMILES string of the molecule is COc1cc(F)cnc1C(=O)N[C@@H]1CCc2cc(C#N)ccc21. The summed E-state index contributed by atoms with van der Waals surface area (Å²) in [4.78, 5) is 16.2. The van der Waals surface area contributed by atoms with Crippen LogP contribution in [0.5, 0.6) is 5.75 Å².